The van der Waals surface area contributed by atoms with E-state index >= 15 is 0 Å². The van der Waals surface area contributed by atoms with E-state index in [1.54, 1.807) is 11.0 Å². The van der Waals surface area contributed by atoms with Crippen molar-refractivity contribution < 1.29 is 9.59 Å². The molecule has 0 aromatic heterocycles. The van der Waals surface area contributed by atoms with Gasteiger partial charge in [-0.15, -0.1) is 0 Å². The van der Waals surface area contributed by atoms with E-state index in [0.717, 1.165) is 16.8 Å². The van der Waals surface area contributed by atoms with Gasteiger partial charge in [-0.2, -0.15) is 0 Å². The lowest BCUT2D eigenvalue weighted by molar-refractivity contribution is -0.126. The van der Waals surface area contributed by atoms with Crippen LogP contribution in [0.2, 0.25) is 5.02 Å². The van der Waals surface area contributed by atoms with E-state index in [1.165, 1.54) is 0 Å². The van der Waals surface area contributed by atoms with Crippen molar-refractivity contribution in [3.63, 3.8) is 0 Å². The maximum absolute atomic E-state index is 12.4. The molecule has 1 aliphatic heterocycles. The highest BCUT2D eigenvalue weighted by Gasteiger charge is 2.35. The molecular weight excluding hydrogens is 324 g/mol. The van der Waals surface area contributed by atoms with Crippen LogP contribution in [0.4, 0.5) is 5.69 Å². The first-order chi connectivity index (χ1) is 11.5. The first-order valence-electron chi connectivity index (χ1n) is 7.93. The highest BCUT2D eigenvalue weighted by atomic mass is 35.5. The van der Waals surface area contributed by atoms with Gasteiger partial charge in [0.15, 0.2) is 0 Å². The summed E-state index contributed by atoms with van der Waals surface area (Å²) >= 11 is 6.09. The Hall–Kier alpha value is -2.33. The van der Waals surface area contributed by atoms with Crippen LogP contribution < -0.4 is 10.2 Å². The number of halogens is 1. The van der Waals surface area contributed by atoms with Crippen LogP contribution in [0, 0.1) is 12.8 Å². The summed E-state index contributed by atoms with van der Waals surface area (Å²) in [7, 11) is 0. The number of anilines is 1. The zero-order chi connectivity index (χ0) is 17.1. The molecule has 2 amide bonds. The first kappa shape index (κ1) is 16.5. The summed E-state index contributed by atoms with van der Waals surface area (Å²) in [5, 5.41) is 3.51. The number of benzene rings is 2. The summed E-state index contributed by atoms with van der Waals surface area (Å²) in [6.45, 7) is 2.77. The van der Waals surface area contributed by atoms with Gasteiger partial charge in [-0.05, 0) is 36.2 Å². The number of carbonyl (C=O) groups is 2. The number of nitrogens with one attached hydrogen (secondary N) is 1. The predicted molar refractivity (Wildman–Crippen MR) is 94.9 cm³/mol. The van der Waals surface area contributed by atoms with Crippen molar-refractivity contribution >= 4 is 29.1 Å². The van der Waals surface area contributed by atoms with Crippen LogP contribution in [-0.2, 0) is 16.1 Å². The van der Waals surface area contributed by atoms with E-state index < -0.39 is 0 Å². The number of rotatable bonds is 4. The topological polar surface area (TPSA) is 49.4 Å². The fraction of sp³-hybridized carbons (Fsp3) is 0.263. The van der Waals surface area contributed by atoms with E-state index in [2.05, 4.69) is 5.32 Å². The maximum Gasteiger partial charge on any atom is 0.227 e. The highest BCUT2D eigenvalue weighted by Crippen LogP contribution is 2.26. The molecule has 0 unspecified atom stereocenters. The lowest BCUT2D eigenvalue weighted by Gasteiger charge is -2.17. The number of hydrogen-bond acceptors (Lipinski definition) is 2. The van der Waals surface area contributed by atoms with Crippen molar-refractivity contribution in [2.45, 2.75) is 19.9 Å². The van der Waals surface area contributed by atoms with Crippen LogP contribution in [0.5, 0.6) is 0 Å². The Morgan fingerprint density at radius 1 is 1.25 bits per heavy atom. The third-order valence-corrected chi connectivity index (χ3v) is 4.59. The van der Waals surface area contributed by atoms with Gasteiger partial charge in [-0.3, -0.25) is 9.59 Å². The second-order valence-corrected chi connectivity index (χ2v) is 6.46. The van der Waals surface area contributed by atoms with Gasteiger partial charge in [0.05, 0.1) is 5.92 Å². The molecular formula is C19H19ClN2O2. The molecule has 4 nitrogen and oxygen atoms in total. The quantitative estimate of drug-likeness (QED) is 0.926. The minimum atomic E-state index is -0.333. The van der Waals surface area contributed by atoms with Gasteiger partial charge in [0.25, 0.3) is 0 Å². The molecule has 1 saturated heterocycles. The average Bonchev–Trinajstić information content (AvgIpc) is 2.96. The Morgan fingerprint density at radius 3 is 2.79 bits per heavy atom. The summed E-state index contributed by atoms with van der Waals surface area (Å²) in [6, 6.07) is 15.2. The van der Waals surface area contributed by atoms with Crippen molar-refractivity contribution in [1.29, 1.82) is 0 Å². The maximum atomic E-state index is 12.4. The number of carbonyl (C=O) groups excluding carboxylic acids is 2. The lowest BCUT2D eigenvalue weighted by atomic mass is 10.1. The fourth-order valence-corrected chi connectivity index (χ4v) is 3.10. The third kappa shape index (κ3) is 3.60. The molecule has 5 heteroatoms. The van der Waals surface area contributed by atoms with Gasteiger partial charge >= 0.3 is 0 Å². The Morgan fingerprint density at radius 2 is 2.04 bits per heavy atom. The summed E-state index contributed by atoms with van der Waals surface area (Å²) in [5.74, 6) is -0.461. The fourth-order valence-electron chi connectivity index (χ4n) is 2.90. The van der Waals surface area contributed by atoms with Crippen molar-refractivity contribution in [3.05, 3.63) is 64.7 Å². The Labute approximate surface area is 146 Å². The van der Waals surface area contributed by atoms with E-state index in [-0.39, 0.29) is 24.2 Å². The van der Waals surface area contributed by atoms with Gasteiger partial charge in [0, 0.05) is 30.2 Å². The Balaban J connectivity index is 1.63. The Bertz CT molecular complexity index is 775. The van der Waals surface area contributed by atoms with Gasteiger partial charge in [-0.25, -0.2) is 0 Å². The van der Waals surface area contributed by atoms with Crippen LogP contribution >= 0.6 is 11.6 Å². The molecule has 124 valence electrons. The third-order valence-electron chi connectivity index (χ3n) is 4.22. The number of hydrogen-bond donors (Lipinski definition) is 1. The van der Waals surface area contributed by atoms with Gasteiger partial charge in [-0.1, -0.05) is 41.9 Å². The van der Waals surface area contributed by atoms with E-state index in [4.69, 9.17) is 11.6 Å². The normalized spacial score (nSPS) is 17.2. The van der Waals surface area contributed by atoms with Crippen molar-refractivity contribution in [2.24, 2.45) is 5.92 Å². The molecule has 0 spiro atoms. The molecule has 1 heterocycles. The summed E-state index contributed by atoms with van der Waals surface area (Å²) < 4.78 is 0. The summed E-state index contributed by atoms with van der Waals surface area (Å²) in [5.41, 5.74) is 2.81. The lowest BCUT2D eigenvalue weighted by Crippen LogP contribution is -2.32. The minimum absolute atomic E-state index is 0.0153. The zero-order valence-electron chi connectivity index (χ0n) is 13.5. The largest absolute Gasteiger partial charge is 0.352 e. The van der Waals surface area contributed by atoms with Crippen LogP contribution in [0.15, 0.2) is 48.5 Å². The molecule has 0 aliphatic carbocycles. The molecule has 2 aromatic rings. The molecule has 3 rings (SSSR count). The average molecular weight is 343 g/mol. The van der Waals surface area contributed by atoms with Crippen molar-refractivity contribution in [1.82, 2.24) is 5.32 Å². The van der Waals surface area contributed by atoms with Gasteiger partial charge in [0.2, 0.25) is 11.8 Å². The molecule has 0 bridgehead atoms. The highest BCUT2D eigenvalue weighted by molar-refractivity contribution is 6.31. The second-order valence-electron chi connectivity index (χ2n) is 6.05. The molecule has 2 aromatic carbocycles. The molecule has 1 N–H and O–H groups in total. The molecule has 1 aliphatic rings. The zero-order valence-corrected chi connectivity index (χ0v) is 14.2. The van der Waals surface area contributed by atoms with Crippen LogP contribution in [-0.4, -0.2) is 18.4 Å². The van der Waals surface area contributed by atoms with Gasteiger partial charge in [0.1, 0.15) is 0 Å². The Kier molecular flexibility index (Phi) is 4.86. The standard InChI is InChI=1S/C19H19ClN2O2/c1-13-5-4-7-16(9-13)22-12-15(10-18(22)23)19(24)21-11-14-6-2-3-8-17(14)20/h2-9,15H,10-12H2,1H3,(H,21,24)/t15-/m1/s1. The minimum Gasteiger partial charge on any atom is -0.352 e. The predicted octanol–water partition coefficient (Wildman–Crippen LogP) is 3.32. The number of aryl methyl sites for hydroxylation is 1. The van der Waals surface area contributed by atoms with Crippen LogP contribution in [0.3, 0.4) is 0 Å². The summed E-state index contributed by atoms with van der Waals surface area (Å²) in [6.07, 6.45) is 0.238. The molecule has 0 saturated carbocycles. The van der Waals surface area contributed by atoms with E-state index in [1.807, 2.05) is 49.4 Å². The molecule has 1 fully saturated rings. The van der Waals surface area contributed by atoms with Crippen molar-refractivity contribution in [3.8, 4) is 0 Å². The molecule has 0 radical (unpaired) electrons. The smallest absolute Gasteiger partial charge is 0.227 e. The van der Waals surface area contributed by atoms with Crippen molar-refractivity contribution in [2.75, 3.05) is 11.4 Å². The van der Waals surface area contributed by atoms with Crippen LogP contribution in [0.1, 0.15) is 17.5 Å². The number of nitrogens with zero attached hydrogens (tertiary/aromatic N) is 1. The second kappa shape index (κ2) is 7.05. The number of amides is 2. The van der Waals surface area contributed by atoms with E-state index in [9.17, 15) is 9.59 Å². The first-order valence-corrected chi connectivity index (χ1v) is 8.30. The summed E-state index contributed by atoms with van der Waals surface area (Å²) in [4.78, 5) is 26.3. The van der Waals surface area contributed by atoms with Crippen LogP contribution in [0.25, 0.3) is 0 Å². The van der Waals surface area contributed by atoms with Gasteiger partial charge < -0.3 is 10.2 Å². The monoisotopic (exact) mass is 342 g/mol. The SMILES string of the molecule is Cc1cccc(N2C[C@H](C(=O)NCc3ccccc3Cl)CC2=O)c1. The molecule has 24 heavy (non-hydrogen) atoms. The van der Waals surface area contributed by atoms with E-state index in [0.29, 0.717) is 18.1 Å². The molecule has 1 atom stereocenters.